The number of fused-ring (bicyclic) bond motifs is 1. The van der Waals surface area contributed by atoms with Crippen LogP contribution in [0.5, 0.6) is 11.5 Å². The quantitative estimate of drug-likeness (QED) is 0.389. The van der Waals surface area contributed by atoms with Crippen molar-refractivity contribution in [3.05, 3.63) is 90.3 Å². The highest BCUT2D eigenvalue weighted by molar-refractivity contribution is 5.75. The topological polar surface area (TPSA) is 36.3 Å². The minimum atomic E-state index is 0.444. The standard InChI is InChI=1S/C24H24N2O2/c1-19-10-5-8-15-23(19)28-18-24-25-21-13-6-7-14-22(21)26(24)16-9-17-27-20-11-3-2-4-12-20/h2-8,10-15H,9,16-18H2,1H3. The molecule has 4 aromatic rings. The van der Waals surface area contributed by atoms with Gasteiger partial charge in [-0.1, -0.05) is 48.5 Å². The van der Waals surface area contributed by atoms with Crippen LogP contribution in [0.25, 0.3) is 11.0 Å². The lowest BCUT2D eigenvalue weighted by Crippen LogP contribution is -2.10. The van der Waals surface area contributed by atoms with Crippen LogP contribution in [0, 0.1) is 6.92 Å². The Kier molecular flexibility index (Phi) is 5.57. The Labute approximate surface area is 165 Å². The van der Waals surface area contributed by atoms with E-state index in [1.165, 1.54) is 0 Å². The van der Waals surface area contributed by atoms with E-state index in [1.807, 2.05) is 66.7 Å². The van der Waals surface area contributed by atoms with E-state index >= 15 is 0 Å². The van der Waals surface area contributed by atoms with Gasteiger partial charge >= 0.3 is 0 Å². The molecule has 142 valence electrons. The first kappa shape index (κ1) is 18.1. The summed E-state index contributed by atoms with van der Waals surface area (Å²) in [6, 6.07) is 26.2. The fraction of sp³-hybridized carbons (Fsp3) is 0.208. The van der Waals surface area contributed by atoms with Crippen LogP contribution in [0.1, 0.15) is 17.8 Å². The van der Waals surface area contributed by atoms with Crippen LogP contribution in [-0.4, -0.2) is 16.2 Å². The monoisotopic (exact) mass is 372 g/mol. The lowest BCUT2D eigenvalue weighted by Gasteiger charge is -2.12. The van der Waals surface area contributed by atoms with Crippen molar-refractivity contribution in [1.29, 1.82) is 0 Å². The van der Waals surface area contributed by atoms with Crippen molar-refractivity contribution in [3.8, 4) is 11.5 Å². The molecule has 4 heteroatoms. The summed E-state index contributed by atoms with van der Waals surface area (Å²) in [5, 5.41) is 0. The number of imidazole rings is 1. The number of hydrogen-bond acceptors (Lipinski definition) is 3. The number of para-hydroxylation sites is 4. The second-order valence-electron chi connectivity index (χ2n) is 6.74. The molecule has 0 aliphatic heterocycles. The molecule has 0 atom stereocenters. The van der Waals surface area contributed by atoms with Crippen molar-refractivity contribution >= 4 is 11.0 Å². The number of rotatable bonds is 8. The number of aryl methyl sites for hydroxylation is 2. The van der Waals surface area contributed by atoms with Gasteiger partial charge in [-0.05, 0) is 49.2 Å². The molecule has 4 rings (SSSR count). The molecular weight excluding hydrogens is 348 g/mol. The van der Waals surface area contributed by atoms with Crippen LogP contribution in [0.15, 0.2) is 78.9 Å². The first-order valence-corrected chi connectivity index (χ1v) is 9.62. The average Bonchev–Trinajstić information content (AvgIpc) is 3.09. The molecule has 0 saturated heterocycles. The average molecular weight is 372 g/mol. The van der Waals surface area contributed by atoms with Gasteiger partial charge in [-0.15, -0.1) is 0 Å². The summed E-state index contributed by atoms with van der Waals surface area (Å²) in [4.78, 5) is 4.79. The summed E-state index contributed by atoms with van der Waals surface area (Å²) in [6.45, 7) is 3.99. The van der Waals surface area contributed by atoms with Crippen LogP contribution in [0.2, 0.25) is 0 Å². The molecule has 0 unspecified atom stereocenters. The highest BCUT2D eigenvalue weighted by Gasteiger charge is 2.11. The normalized spacial score (nSPS) is 10.9. The van der Waals surface area contributed by atoms with Gasteiger partial charge < -0.3 is 14.0 Å². The van der Waals surface area contributed by atoms with E-state index in [0.29, 0.717) is 13.2 Å². The smallest absolute Gasteiger partial charge is 0.148 e. The first-order chi connectivity index (χ1) is 13.8. The number of aromatic nitrogens is 2. The number of benzene rings is 3. The van der Waals surface area contributed by atoms with Crippen molar-refractivity contribution in [2.24, 2.45) is 0 Å². The van der Waals surface area contributed by atoms with E-state index in [9.17, 15) is 0 Å². The van der Waals surface area contributed by atoms with Crippen LogP contribution in [0.3, 0.4) is 0 Å². The molecule has 0 spiro atoms. The molecule has 3 aromatic carbocycles. The number of ether oxygens (including phenoxy) is 2. The maximum Gasteiger partial charge on any atom is 0.148 e. The Bertz CT molecular complexity index is 1040. The van der Waals surface area contributed by atoms with Gasteiger partial charge in [0.1, 0.15) is 23.9 Å². The molecule has 0 aliphatic carbocycles. The Hall–Kier alpha value is -3.27. The minimum Gasteiger partial charge on any atom is -0.494 e. The van der Waals surface area contributed by atoms with E-state index in [1.54, 1.807) is 0 Å². The maximum absolute atomic E-state index is 6.05. The van der Waals surface area contributed by atoms with Crippen molar-refractivity contribution in [1.82, 2.24) is 9.55 Å². The van der Waals surface area contributed by atoms with Gasteiger partial charge in [-0.25, -0.2) is 4.98 Å². The third kappa shape index (κ3) is 4.17. The van der Waals surface area contributed by atoms with Gasteiger partial charge in [0.05, 0.1) is 17.6 Å². The highest BCUT2D eigenvalue weighted by Crippen LogP contribution is 2.21. The summed E-state index contributed by atoms with van der Waals surface area (Å²) in [5.41, 5.74) is 3.25. The lowest BCUT2D eigenvalue weighted by molar-refractivity contribution is 0.279. The summed E-state index contributed by atoms with van der Waals surface area (Å²) in [6.07, 6.45) is 0.895. The second kappa shape index (κ2) is 8.61. The predicted octanol–water partition coefficient (Wildman–Crippen LogP) is 5.39. The Balaban J connectivity index is 1.46. The maximum atomic E-state index is 6.05. The van der Waals surface area contributed by atoms with Crippen LogP contribution in [0.4, 0.5) is 0 Å². The fourth-order valence-electron chi connectivity index (χ4n) is 3.28. The van der Waals surface area contributed by atoms with E-state index in [2.05, 4.69) is 23.6 Å². The predicted molar refractivity (Wildman–Crippen MR) is 112 cm³/mol. The van der Waals surface area contributed by atoms with Crippen LogP contribution >= 0.6 is 0 Å². The van der Waals surface area contributed by atoms with Gasteiger partial charge in [-0.2, -0.15) is 0 Å². The van der Waals surface area contributed by atoms with Gasteiger partial charge in [-0.3, -0.25) is 0 Å². The van der Waals surface area contributed by atoms with Crippen LogP contribution in [-0.2, 0) is 13.2 Å². The van der Waals surface area contributed by atoms with Gasteiger partial charge in [0.15, 0.2) is 0 Å². The number of nitrogens with zero attached hydrogens (tertiary/aromatic N) is 2. The Morgan fingerprint density at radius 3 is 2.43 bits per heavy atom. The van der Waals surface area contributed by atoms with E-state index in [-0.39, 0.29) is 0 Å². The van der Waals surface area contributed by atoms with Crippen molar-refractivity contribution in [2.45, 2.75) is 26.5 Å². The van der Waals surface area contributed by atoms with E-state index in [0.717, 1.165) is 46.9 Å². The first-order valence-electron chi connectivity index (χ1n) is 9.62. The Morgan fingerprint density at radius 2 is 1.57 bits per heavy atom. The molecular formula is C24H24N2O2. The molecule has 28 heavy (non-hydrogen) atoms. The molecule has 1 heterocycles. The molecule has 0 saturated carbocycles. The molecule has 0 fully saturated rings. The van der Waals surface area contributed by atoms with Crippen molar-refractivity contribution in [3.63, 3.8) is 0 Å². The van der Waals surface area contributed by atoms with E-state index < -0.39 is 0 Å². The number of hydrogen-bond donors (Lipinski definition) is 0. The lowest BCUT2D eigenvalue weighted by atomic mass is 10.2. The highest BCUT2D eigenvalue weighted by atomic mass is 16.5. The molecule has 0 radical (unpaired) electrons. The molecule has 0 aliphatic rings. The van der Waals surface area contributed by atoms with E-state index in [4.69, 9.17) is 14.5 Å². The third-order valence-electron chi connectivity index (χ3n) is 4.72. The summed E-state index contributed by atoms with van der Waals surface area (Å²) < 4.78 is 14.1. The summed E-state index contributed by atoms with van der Waals surface area (Å²) in [7, 11) is 0. The Morgan fingerprint density at radius 1 is 0.821 bits per heavy atom. The zero-order chi connectivity index (χ0) is 19.2. The fourth-order valence-corrected chi connectivity index (χ4v) is 3.28. The third-order valence-corrected chi connectivity index (χ3v) is 4.72. The summed E-state index contributed by atoms with van der Waals surface area (Å²) in [5.74, 6) is 2.73. The minimum absolute atomic E-state index is 0.444. The molecule has 1 aromatic heterocycles. The largest absolute Gasteiger partial charge is 0.494 e. The molecule has 0 amide bonds. The van der Waals surface area contributed by atoms with Crippen molar-refractivity contribution < 1.29 is 9.47 Å². The van der Waals surface area contributed by atoms with Gasteiger partial charge in [0.25, 0.3) is 0 Å². The molecule has 0 bridgehead atoms. The van der Waals surface area contributed by atoms with Crippen LogP contribution < -0.4 is 9.47 Å². The molecule has 4 nitrogen and oxygen atoms in total. The zero-order valence-corrected chi connectivity index (χ0v) is 16.0. The zero-order valence-electron chi connectivity index (χ0n) is 16.0. The SMILES string of the molecule is Cc1ccccc1OCc1nc2ccccc2n1CCCOc1ccccc1. The van der Waals surface area contributed by atoms with Gasteiger partial charge in [0, 0.05) is 6.54 Å². The summed E-state index contributed by atoms with van der Waals surface area (Å²) >= 11 is 0. The van der Waals surface area contributed by atoms with Crippen molar-refractivity contribution in [2.75, 3.05) is 6.61 Å². The second-order valence-corrected chi connectivity index (χ2v) is 6.74. The molecule has 0 N–H and O–H groups in total. The van der Waals surface area contributed by atoms with Gasteiger partial charge in [0.2, 0.25) is 0 Å².